The van der Waals surface area contributed by atoms with Gasteiger partial charge >= 0.3 is 0 Å². The molecule has 16 heavy (non-hydrogen) atoms. The van der Waals surface area contributed by atoms with Crippen molar-refractivity contribution < 1.29 is 4.74 Å². The molecular weight excluding hydrogens is 198 g/mol. The summed E-state index contributed by atoms with van der Waals surface area (Å²) in [7, 11) is 4.30. The Hall–Kier alpha value is -0.860. The van der Waals surface area contributed by atoms with Gasteiger partial charge in [0.2, 0.25) is 0 Å². The number of rotatable bonds is 4. The van der Waals surface area contributed by atoms with Crippen molar-refractivity contribution in [2.45, 2.75) is 31.4 Å². The second-order valence-electron chi connectivity index (χ2n) is 4.77. The molecule has 0 aromatic heterocycles. The van der Waals surface area contributed by atoms with Gasteiger partial charge in [-0.15, -0.1) is 0 Å². The molecule has 1 heterocycles. The van der Waals surface area contributed by atoms with Gasteiger partial charge in [-0.05, 0) is 38.9 Å². The van der Waals surface area contributed by atoms with Gasteiger partial charge in [-0.1, -0.05) is 30.3 Å². The molecular formula is C14H21NO. The van der Waals surface area contributed by atoms with Crippen LogP contribution in [0.1, 0.15) is 18.4 Å². The fourth-order valence-corrected chi connectivity index (χ4v) is 2.41. The van der Waals surface area contributed by atoms with Gasteiger partial charge in [-0.2, -0.15) is 0 Å². The maximum atomic E-state index is 5.81. The standard InChI is InChI=1S/C14H21NO/c1-15(2)13(14-9-6-10-16-14)11-12-7-4-3-5-8-12/h3-5,7-8,13-14H,6,9-11H2,1-2H3/t13-,14+/m0/s1. The molecule has 0 N–H and O–H groups in total. The number of ether oxygens (including phenoxy) is 1. The van der Waals surface area contributed by atoms with E-state index in [9.17, 15) is 0 Å². The third kappa shape index (κ3) is 2.83. The molecule has 0 unspecified atom stereocenters. The number of hydrogen-bond donors (Lipinski definition) is 0. The minimum absolute atomic E-state index is 0.412. The average Bonchev–Trinajstić information content (AvgIpc) is 2.80. The first-order valence-corrected chi connectivity index (χ1v) is 6.09. The van der Waals surface area contributed by atoms with Gasteiger partial charge in [0.1, 0.15) is 0 Å². The van der Waals surface area contributed by atoms with Gasteiger partial charge in [0.25, 0.3) is 0 Å². The Morgan fingerprint density at radius 3 is 2.62 bits per heavy atom. The van der Waals surface area contributed by atoms with Crippen molar-refractivity contribution in [2.75, 3.05) is 20.7 Å². The molecule has 1 aliphatic heterocycles. The van der Waals surface area contributed by atoms with Crippen molar-refractivity contribution in [1.29, 1.82) is 0 Å². The first-order valence-electron chi connectivity index (χ1n) is 6.09. The van der Waals surface area contributed by atoms with Crippen LogP contribution < -0.4 is 0 Å². The van der Waals surface area contributed by atoms with Crippen molar-refractivity contribution >= 4 is 0 Å². The van der Waals surface area contributed by atoms with Crippen molar-refractivity contribution in [3.63, 3.8) is 0 Å². The molecule has 0 amide bonds. The van der Waals surface area contributed by atoms with E-state index in [1.54, 1.807) is 0 Å². The second-order valence-corrected chi connectivity index (χ2v) is 4.77. The van der Waals surface area contributed by atoms with Crippen LogP contribution in [0.5, 0.6) is 0 Å². The Labute approximate surface area is 98.2 Å². The molecule has 1 fully saturated rings. The molecule has 2 atom stereocenters. The van der Waals surface area contributed by atoms with E-state index >= 15 is 0 Å². The Kier molecular flexibility index (Phi) is 3.97. The molecule has 2 nitrogen and oxygen atoms in total. The van der Waals surface area contributed by atoms with E-state index < -0.39 is 0 Å². The van der Waals surface area contributed by atoms with E-state index in [0.717, 1.165) is 13.0 Å². The Bertz CT molecular complexity index is 304. The lowest BCUT2D eigenvalue weighted by atomic mass is 9.98. The van der Waals surface area contributed by atoms with Gasteiger partial charge in [-0.25, -0.2) is 0 Å². The number of hydrogen-bond acceptors (Lipinski definition) is 2. The van der Waals surface area contributed by atoms with Gasteiger partial charge in [0.05, 0.1) is 6.10 Å². The average molecular weight is 219 g/mol. The molecule has 1 aromatic rings. The summed E-state index contributed by atoms with van der Waals surface area (Å²) in [4.78, 5) is 2.29. The fourth-order valence-electron chi connectivity index (χ4n) is 2.41. The SMILES string of the molecule is CN(C)[C@@H](Cc1ccccc1)[C@H]1CCCO1. The van der Waals surface area contributed by atoms with Crippen LogP contribution in [0.3, 0.4) is 0 Å². The quantitative estimate of drug-likeness (QED) is 0.770. The van der Waals surface area contributed by atoms with E-state index in [1.807, 2.05) is 0 Å². The predicted molar refractivity (Wildman–Crippen MR) is 66.6 cm³/mol. The Morgan fingerprint density at radius 2 is 2.06 bits per heavy atom. The zero-order valence-corrected chi connectivity index (χ0v) is 10.2. The number of nitrogens with zero attached hydrogens (tertiary/aromatic N) is 1. The zero-order chi connectivity index (χ0) is 11.4. The van der Waals surface area contributed by atoms with E-state index in [-0.39, 0.29) is 0 Å². The topological polar surface area (TPSA) is 12.5 Å². The monoisotopic (exact) mass is 219 g/mol. The highest BCUT2D eigenvalue weighted by atomic mass is 16.5. The maximum absolute atomic E-state index is 5.81. The van der Waals surface area contributed by atoms with Crippen molar-refractivity contribution in [3.05, 3.63) is 35.9 Å². The first kappa shape index (κ1) is 11.6. The van der Waals surface area contributed by atoms with Crippen molar-refractivity contribution in [1.82, 2.24) is 4.90 Å². The summed E-state index contributed by atoms with van der Waals surface area (Å²) in [5, 5.41) is 0. The third-order valence-corrected chi connectivity index (χ3v) is 3.35. The van der Waals surface area contributed by atoms with Crippen molar-refractivity contribution in [3.8, 4) is 0 Å². The number of likely N-dealkylation sites (N-methyl/N-ethyl adjacent to an activating group) is 1. The fraction of sp³-hybridized carbons (Fsp3) is 0.571. The van der Waals surface area contributed by atoms with Crippen LogP contribution in [0.4, 0.5) is 0 Å². The van der Waals surface area contributed by atoms with Crippen LogP contribution in [0.25, 0.3) is 0 Å². The summed E-state index contributed by atoms with van der Waals surface area (Å²) < 4.78 is 5.81. The molecule has 0 radical (unpaired) electrons. The Balaban J connectivity index is 2.02. The van der Waals surface area contributed by atoms with Gasteiger partial charge in [0.15, 0.2) is 0 Å². The summed E-state index contributed by atoms with van der Waals surface area (Å²) in [5.41, 5.74) is 1.40. The summed E-state index contributed by atoms with van der Waals surface area (Å²) >= 11 is 0. The zero-order valence-electron chi connectivity index (χ0n) is 10.2. The minimum atomic E-state index is 0.412. The third-order valence-electron chi connectivity index (χ3n) is 3.35. The molecule has 88 valence electrons. The Morgan fingerprint density at radius 1 is 1.31 bits per heavy atom. The summed E-state index contributed by atoms with van der Waals surface area (Å²) in [6, 6.07) is 11.2. The lowest BCUT2D eigenvalue weighted by Gasteiger charge is -2.29. The van der Waals surface area contributed by atoms with Gasteiger partial charge in [0, 0.05) is 12.6 Å². The molecule has 0 saturated carbocycles. The maximum Gasteiger partial charge on any atom is 0.0734 e. The molecule has 1 aromatic carbocycles. The summed E-state index contributed by atoms with van der Waals surface area (Å²) in [5.74, 6) is 0. The molecule has 1 saturated heterocycles. The van der Waals surface area contributed by atoms with Crippen LogP contribution in [0.2, 0.25) is 0 Å². The van der Waals surface area contributed by atoms with Gasteiger partial charge in [-0.3, -0.25) is 0 Å². The van der Waals surface area contributed by atoms with Crippen LogP contribution >= 0.6 is 0 Å². The molecule has 1 aliphatic rings. The summed E-state index contributed by atoms with van der Waals surface area (Å²) in [6.45, 7) is 0.934. The highest BCUT2D eigenvalue weighted by molar-refractivity contribution is 5.16. The number of benzene rings is 1. The smallest absolute Gasteiger partial charge is 0.0734 e. The van der Waals surface area contributed by atoms with Crippen molar-refractivity contribution in [2.24, 2.45) is 0 Å². The van der Waals surface area contributed by atoms with E-state index in [4.69, 9.17) is 4.74 Å². The largest absolute Gasteiger partial charge is 0.377 e. The van der Waals surface area contributed by atoms with E-state index in [1.165, 1.54) is 18.4 Å². The lowest BCUT2D eigenvalue weighted by Crippen LogP contribution is -2.40. The first-order chi connectivity index (χ1) is 7.77. The highest BCUT2D eigenvalue weighted by Crippen LogP contribution is 2.21. The lowest BCUT2D eigenvalue weighted by molar-refractivity contribution is 0.0430. The minimum Gasteiger partial charge on any atom is -0.377 e. The second kappa shape index (κ2) is 5.46. The van der Waals surface area contributed by atoms with Crippen LogP contribution in [-0.2, 0) is 11.2 Å². The molecule has 2 rings (SSSR count). The molecule has 2 heteroatoms. The molecule has 0 bridgehead atoms. The summed E-state index contributed by atoms with van der Waals surface area (Å²) in [6.07, 6.45) is 3.91. The highest BCUT2D eigenvalue weighted by Gasteiger charge is 2.27. The van der Waals surface area contributed by atoms with E-state index in [0.29, 0.717) is 12.1 Å². The van der Waals surface area contributed by atoms with Gasteiger partial charge < -0.3 is 9.64 Å². The van der Waals surface area contributed by atoms with Crippen LogP contribution in [-0.4, -0.2) is 37.7 Å². The molecule has 0 spiro atoms. The van der Waals surface area contributed by atoms with Crippen LogP contribution in [0.15, 0.2) is 30.3 Å². The van der Waals surface area contributed by atoms with E-state index in [2.05, 4.69) is 49.3 Å². The predicted octanol–water partition coefficient (Wildman–Crippen LogP) is 2.34. The normalized spacial score (nSPS) is 22.6. The van der Waals surface area contributed by atoms with Crippen LogP contribution in [0, 0.1) is 0 Å². The molecule has 0 aliphatic carbocycles.